The molecule has 1 rings (SSSR count). The van der Waals surface area contributed by atoms with Crippen LogP contribution >= 0.6 is 11.8 Å². The number of rotatable bonds is 7. The number of thioether (sulfide) groups is 1. The van der Waals surface area contributed by atoms with Crippen molar-refractivity contribution in [3.63, 3.8) is 0 Å². The molecular weight excluding hydrogens is 280 g/mol. The van der Waals surface area contributed by atoms with Crippen LogP contribution in [0.4, 0.5) is 0 Å². The Bertz CT molecular complexity index is 502. The Morgan fingerprint density at radius 3 is 2.60 bits per heavy atom. The van der Waals surface area contributed by atoms with E-state index in [1.165, 1.54) is 17.8 Å². The topological polar surface area (TPSA) is 98.5 Å². The largest absolute Gasteiger partial charge is 0.452 e. The molecule has 3 N–H and O–H groups in total. The zero-order valence-electron chi connectivity index (χ0n) is 10.6. The summed E-state index contributed by atoms with van der Waals surface area (Å²) in [6.45, 7) is -0.734. The smallest absolute Gasteiger partial charge is 0.331 e. The first-order valence-corrected chi connectivity index (χ1v) is 6.56. The third-order valence-corrected chi connectivity index (χ3v) is 2.77. The third-order valence-electron chi connectivity index (χ3n) is 1.96. The Kier molecular flexibility index (Phi) is 6.91. The summed E-state index contributed by atoms with van der Waals surface area (Å²) in [5.74, 6) is -1.88. The molecule has 0 aliphatic rings. The lowest BCUT2D eigenvalue weighted by Gasteiger charge is -2.02. The molecule has 2 amide bonds. The van der Waals surface area contributed by atoms with Gasteiger partial charge < -0.3 is 15.8 Å². The number of hydrogen-bond donors (Lipinski definition) is 2. The molecule has 0 unspecified atom stereocenters. The average Bonchev–Trinajstić information content (AvgIpc) is 2.44. The van der Waals surface area contributed by atoms with Gasteiger partial charge >= 0.3 is 5.97 Å². The second-order valence-electron chi connectivity index (χ2n) is 3.58. The normalized spacial score (nSPS) is 10.2. The SMILES string of the molecule is NC(=O)CNC(=O)COC(=O)/C=C/Sc1ccccc1. The van der Waals surface area contributed by atoms with Crippen molar-refractivity contribution in [1.82, 2.24) is 5.32 Å². The van der Waals surface area contributed by atoms with E-state index in [1.54, 1.807) is 5.41 Å². The Morgan fingerprint density at radius 1 is 1.25 bits per heavy atom. The average molecular weight is 294 g/mol. The first kappa shape index (κ1) is 15.8. The summed E-state index contributed by atoms with van der Waals surface area (Å²) >= 11 is 1.35. The molecule has 0 saturated heterocycles. The van der Waals surface area contributed by atoms with Crippen LogP contribution in [-0.4, -0.2) is 30.9 Å². The molecule has 0 aromatic heterocycles. The number of benzene rings is 1. The maximum absolute atomic E-state index is 11.3. The van der Waals surface area contributed by atoms with Crippen LogP contribution in [0.3, 0.4) is 0 Å². The van der Waals surface area contributed by atoms with E-state index in [0.29, 0.717) is 0 Å². The highest BCUT2D eigenvalue weighted by Gasteiger charge is 2.05. The van der Waals surface area contributed by atoms with E-state index in [4.69, 9.17) is 5.73 Å². The van der Waals surface area contributed by atoms with Crippen LogP contribution in [-0.2, 0) is 19.1 Å². The molecule has 0 bridgehead atoms. The molecule has 0 spiro atoms. The number of nitrogens with one attached hydrogen (secondary N) is 1. The van der Waals surface area contributed by atoms with Crippen LogP contribution in [0.25, 0.3) is 0 Å². The first-order chi connectivity index (χ1) is 9.58. The van der Waals surface area contributed by atoms with Gasteiger partial charge in [0.2, 0.25) is 5.91 Å². The van der Waals surface area contributed by atoms with Crippen LogP contribution in [0.5, 0.6) is 0 Å². The number of carbonyl (C=O) groups excluding carboxylic acids is 3. The van der Waals surface area contributed by atoms with Crippen molar-refractivity contribution < 1.29 is 19.1 Å². The van der Waals surface area contributed by atoms with Crippen LogP contribution in [0.2, 0.25) is 0 Å². The summed E-state index contributed by atoms with van der Waals surface area (Å²) in [7, 11) is 0. The molecule has 20 heavy (non-hydrogen) atoms. The van der Waals surface area contributed by atoms with Crippen LogP contribution in [0.15, 0.2) is 46.7 Å². The van der Waals surface area contributed by atoms with E-state index in [-0.39, 0.29) is 6.54 Å². The summed E-state index contributed by atoms with van der Waals surface area (Å²) in [6.07, 6.45) is 1.22. The minimum absolute atomic E-state index is 0.282. The number of ether oxygens (including phenoxy) is 1. The molecule has 0 heterocycles. The fourth-order valence-corrected chi connectivity index (χ4v) is 1.74. The van der Waals surface area contributed by atoms with Gasteiger partial charge in [-0.05, 0) is 17.5 Å². The van der Waals surface area contributed by atoms with Gasteiger partial charge in [-0.1, -0.05) is 30.0 Å². The summed E-state index contributed by atoms with van der Waals surface area (Å²) in [6, 6.07) is 9.47. The van der Waals surface area contributed by atoms with E-state index in [1.807, 2.05) is 30.3 Å². The van der Waals surface area contributed by atoms with Gasteiger partial charge in [-0.2, -0.15) is 0 Å². The monoisotopic (exact) mass is 294 g/mol. The fraction of sp³-hybridized carbons (Fsp3) is 0.154. The van der Waals surface area contributed by atoms with Crippen molar-refractivity contribution in [1.29, 1.82) is 0 Å². The molecule has 0 radical (unpaired) electrons. The summed E-state index contributed by atoms with van der Waals surface area (Å²) < 4.78 is 4.67. The van der Waals surface area contributed by atoms with Gasteiger partial charge in [-0.3, -0.25) is 9.59 Å². The molecule has 0 atom stereocenters. The van der Waals surface area contributed by atoms with Gasteiger partial charge in [0.15, 0.2) is 6.61 Å². The van der Waals surface area contributed by atoms with E-state index in [9.17, 15) is 14.4 Å². The Labute approximate surface area is 120 Å². The zero-order valence-corrected chi connectivity index (χ0v) is 11.4. The number of nitrogens with two attached hydrogens (primary N) is 1. The summed E-state index contributed by atoms with van der Waals surface area (Å²) in [5, 5.41) is 3.77. The van der Waals surface area contributed by atoms with Crippen molar-refractivity contribution >= 4 is 29.5 Å². The van der Waals surface area contributed by atoms with E-state index >= 15 is 0 Å². The van der Waals surface area contributed by atoms with Crippen molar-refractivity contribution in [2.75, 3.05) is 13.2 Å². The minimum Gasteiger partial charge on any atom is -0.452 e. The lowest BCUT2D eigenvalue weighted by Crippen LogP contribution is -2.35. The number of primary amides is 1. The van der Waals surface area contributed by atoms with Crippen molar-refractivity contribution in [2.45, 2.75) is 4.90 Å². The molecule has 1 aromatic carbocycles. The van der Waals surface area contributed by atoms with Gasteiger partial charge in [-0.15, -0.1) is 0 Å². The van der Waals surface area contributed by atoms with E-state index in [0.717, 1.165) is 4.90 Å². The van der Waals surface area contributed by atoms with E-state index in [2.05, 4.69) is 10.1 Å². The van der Waals surface area contributed by atoms with Gasteiger partial charge in [0, 0.05) is 11.0 Å². The predicted octanol–water partition coefficient (Wildman–Crippen LogP) is 0.437. The molecule has 0 saturated carbocycles. The summed E-state index contributed by atoms with van der Waals surface area (Å²) in [5.41, 5.74) is 4.84. The highest BCUT2D eigenvalue weighted by atomic mass is 32.2. The quantitative estimate of drug-likeness (QED) is 0.432. The molecule has 6 nitrogen and oxygen atoms in total. The molecule has 0 aliphatic heterocycles. The molecule has 0 aliphatic carbocycles. The third kappa shape index (κ3) is 7.22. The van der Waals surface area contributed by atoms with Gasteiger partial charge in [0.25, 0.3) is 5.91 Å². The van der Waals surface area contributed by atoms with Crippen molar-refractivity contribution in [3.8, 4) is 0 Å². The van der Waals surface area contributed by atoms with E-state index < -0.39 is 24.4 Å². The van der Waals surface area contributed by atoms with Gasteiger partial charge in [0.1, 0.15) is 0 Å². The Hall–Kier alpha value is -2.28. The molecule has 106 valence electrons. The fourth-order valence-electron chi connectivity index (χ4n) is 1.09. The molecular formula is C13H14N2O4S. The highest BCUT2D eigenvalue weighted by molar-refractivity contribution is 8.02. The van der Waals surface area contributed by atoms with Crippen molar-refractivity contribution in [3.05, 3.63) is 41.8 Å². The number of carbonyl (C=O) groups is 3. The second-order valence-corrected chi connectivity index (χ2v) is 4.56. The Morgan fingerprint density at radius 2 is 1.95 bits per heavy atom. The van der Waals surface area contributed by atoms with Gasteiger partial charge in [0.05, 0.1) is 6.54 Å². The standard InChI is InChI=1S/C13H14N2O4S/c14-11(16)8-15-12(17)9-19-13(18)6-7-20-10-4-2-1-3-5-10/h1-7H,8-9H2,(H2,14,16)(H,15,17)/b7-6+. The number of hydrogen-bond acceptors (Lipinski definition) is 5. The maximum atomic E-state index is 11.3. The second kappa shape index (κ2) is 8.76. The van der Waals surface area contributed by atoms with Crippen molar-refractivity contribution in [2.24, 2.45) is 5.73 Å². The number of amides is 2. The molecule has 1 aromatic rings. The zero-order chi connectivity index (χ0) is 14.8. The van der Waals surface area contributed by atoms with Crippen LogP contribution < -0.4 is 11.1 Å². The number of esters is 1. The minimum atomic E-state index is -0.663. The molecule has 0 fully saturated rings. The lowest BCUT2D eigenvalue weighted by atomic mass is 10.4. The predicted molar refractivity (Wildman–Crippen MR) is 74.6 cm³/mol. The Balaban J connectivity index is 2.23. The maximum Gasteiger partial charge on any atom is 0.331 e. The first-order valence-electron chi connectivity index (χ1n) is 5.68. The van der Waals surface area contributed by atoms with Gasteiger partial charge in [-0.25, -0.2) is 4.79 Å². The van der Waals surface area contributed by atoms with Crippen LogP contribution in [0, 0.1) is 0 Å². The highest BCUT2D eigenvalue weighted by Crippen LogP contribution is 2.17. The van der Waals surface area contributed by atoms with Crippen LogP contribution in [0.1, 0.15) is 0 Å². The molecule has 7 heteroatoms. The lowest BCUT2D eigenvalue weighted by molar-refractivity contribution is -0.143. The summed E-state index contributed by atoms with van der Waals surface area (Å²) in [4.78, 5) is 33.8.